The lowest BCUT2D eigenvalue weighted by Gasteiger charge is -2.27. The van der Waals surface area contributed by atoms with Crippen molar-refractivity contribution in [2.24, 2.45) is 11.7 Å². The van der Waals surface area contributed by atoms with Gasteiger partial charge in [-0.05, 0) is 66.9 Å². The molecule has 3 N–H and O–H groups in total. The molecule has 7 heteroatoms. The molecule has 0 aromatic heterocycles. The van der Waals surface area contributed by atoms with Crippen LogP contribution in [0.1, 0.15) is 74.4 Å². The predicted octanol–water partition coefficient (Wildman–Crippen LogP) is 5.45. The van der Waals surface area contributed by atoms with E-state index in [1.807, 2.05) is 31.2 Å². The fourth-order valence-electron chi connectivity index (χ4n) is 5.34. The van der Waals surface area contributed by atoms with Gasteiger partial charge >= 0.3 is 11.9 Å². The highest BCUT2D eigenvalue weighted by Crippen LogP contribution is 2.38. The first-order valence-electron chi connectivity index (χ1n) is 15.0. The third-order valence-corrected chi connectivity index (χ3v) is 7.67. The fraction of sp³-hybridized carbons (Fsp3) is 0.371. The number of carboxylic acids is 1. The van der Waals surface area contributed by atoms with Crippen molar-refractivity contribution in [3.05, 3.63) is 87.8 Å². The SMILES string of the molecule is CCCCC=c1ccc2c(c1)Oc1cc(N(CC)CCOC(=O)C(CN)CCC)ccc1C=2c1cccc(C(=O)O)c1. The number of nitrogens with zero attached hydrogens (tertiary/aromatic N) is 1. The van der Waals surface area contributed by atoms with E-state index in [1.54, 1.807) is 18.2 Å². The number of unbranched alkanes of at least 4 members (excludes halogenated alkanes) is 2. The minimum absolute atomic E-state index is 0.234. The molecule has 4 rings (SSSR count). The van der Waals surface area contributed by atoms with Crippen LogP contribution >= 0.6 is 0 Å². The monoisotopic (exact) mass is 570 g/mol. The molecule has 7 nitrogen and oxygen atoms in total. The highest BCUT2D eigenvalue weighted by Gasteiger charge is 2.23. The van der Waals surface area contributed by atoms with Crippen LogP contribution in [-0.4, -0.2) is 43.3 Å². The molecule has 1 atom stereocenters. The number of carboxylic acid groups (broad SMARTS) is 1. The van der Waals surface area contributed by atoms with E-state index in [0.717, 1.165) is 77.2 Å². The molecule has 0 amide bonds. The maximum atomic E-state index is 12.4. The number of rotatable bonds is 14. The highest BCUT2D eigenvalue weighted by molar-refractivity contribution is 5.92. The lowest BCUT2D eigenvalue weighted by atomic mass is 9.91. The summed E-state index contributed by atoms with van der Waals surface area (Å²) in [6.45, 7) is 8.08. The van der Waals surface area contributed by atoms with E-state index in [9.17, 15) is 14.7 Å². The van der Waals surface area contributed by atoms with Crippen LogP contribution in [0, 0.1) is 5.92 Å². The molecule has 3 aromatic rings. The summed E-state index contributed by atoms with van der Waals surface area (Å²) in [5.41, 5.74) is 9.59. The summed E-state index contributed by atoms with van der Waals surface area (Å²) >= 11 is 0. The highest BCUT2D eigenvalue weighted by atomic mass is 16.5. The van der Waals surface area contributed by atoms with E-state index in [0.29, 0.717) is 18.8 Å². The van der Waals surface area contributed by atoms with Crippen molar-refractivity contribution in [3.8, 4) is 11.5 Å². The summed E-state index contributed by atoms with van der Waals surface area (Å²) in [4.78, 5) is 26.4. The minimum atomic E-state index is -0.965. The second kappa shape index (κ2) is 14.7. The van der Waals surface area contributed by atoms with Gasteiger partial charge in [0, 0.05) is 41.2 Å². The van der Waals surface area contributed by atoms with Crippen molar-refractivity contribution < 1.29 is 24.2 Å². The van der Waals surface area contributed by atoms with Crippen LogP contribution in [0.25, 0.3) is 11.6 Å². The van der Waals surface area contributed by atoms with E-state index in [2.05, 4.69) is 43.0 Å². The topological polar surface area (TPSA) is 102 Å². The van der Waals surface area contributed by atoms with E-state index >= 15 is 0 Å². The van der Waals surface area contributed by atoms with Gasteiger partial charge in [-0.2, -0.15) is 0 Å². The van der Waals surface area contributed by atoms with Gasteiger partial charge in [0.2, 0.25) is 0 Å². The molecule has 1 aliphatic heterocycles. The van der Waals surface area contributed by atoms with Gasteiger partial charge in [-0.1, -0.05) is 57.4 Å². The van der Waals surface area contributed by atoms with E-state index in [-0.39, 0.29) is 24.1 Å². The number of anilines is 1. The van der Waals surface area contributed by atoms with Crippen molar-refractivity contribution in [1.82, 2.24) is 0 Å². The third-order valence-electron chi connectivity index (χ3n) is 7.67. The number of aromatic carboxylic acids is 1. The normalized spacial score (nSPS) is 13.1. The van der Waals surface area contributed by atoms with Crippen LogP contribution < -0.4 is 25.8 Å². The number of benzene rings is 3. The Balaban J connectivity index is 1.70. The van der Waals surface area contributed by atoms with Crippen molar-refractivity contribution in [3.63, 3.8) is 0 Å². The lowest BCUT2D eigenvalue weighted by molar-refractivity contribution is -0.148. The molecule has 0 fully saturated rings. The number of ether oxygens (including phenoxy) is 2. The number of nitrogens with two attached hydrogens (primary N) is 1. The van der Waals surface area contributed by atoms with Gasteiger partial charge in [-0.15, -0.1) is 0 Å². The summed E-state index contributed by atoms with van der Waals surface area (Å²) in [5, 5.41) is 11.7. The van der Waals surface area contributed by atoms with E-state index in [1.165, 1.54) is 0 Å². The van der Waals surface area contributed by atoms with E-state index in [4.69, 9.17) is 15.2 Å². The summed E-state index contributed by atoms with van der Waals surface area (Å²) in [5.74, 6) is -0.0348. The van der Waals surface area contributed by atoms with Gasteiger partial charge in [0.25, 0.3) is 0 Å². The Bertz CT molecular complexity index is 1530. The molecule has 3 aromatic carbocycles. The summed E-state index contributed by atoms with van der Waals surface area (Å²) in [6.07, 6.45) is 7.08. The molecule has 0 saturated carbocycles. The number of esters is 1. The molecule has 0 bridgehead atoms. The molecular weight excluding hydrogens is 528 g/mol. The Kier molecular flexibility index (Phi) is 10.8. The van der Waals surface area contributed by atoms with Crippen LogP contribution in [0.15, 0.2) is 60.7 Å². The average molecular weight is 571 g/mol. The standard InChI is InChI=1S/C35H42N2O5/c1-4-7-8-11-24-14-16-29-31(20-24)42-32-22-28(37(6-3)18-19-41-35(40)27(23-36)10-5-2)15-17-30(32)33(29)25-12-9-13-26(21-25)34(38)39/h9,11-17,20-22,27H,4-8,10,18-19,23,36H2,1-3H3,(H,38,39). The van der Waals surface area contributed by atoms with Crippen LogP contribution in [0.2, 0.25) is 0 Å². The molecule has 1 aliphatic rings. The van der Waals surface area contributed by atoms with Gasteiger partial charge in [0.15, 0.2) is 0 Å². The summed E-state index contributed by atoms with van der Waals surface area (Å²) < 4.78 is 12.1. The molecule has 42 heavy (non-hydrogen) atoms. The number of hydrogen-bond acceptors (Lipinski definition) is 6. The van der Waals surface area contributed by atoms with Crippen molar-refractivity contribution in [2.45, 2.75) is 52.9 Å². The van der Waals surface area contributed by atoms with Crippen LogP contribution in [0.3, 0.4) is 0 Å². The zero-order valence-corrected chi connectivity index (χ0v) is 24.9. The average Bonchev–Trinajstić information content (AvgIpc) is 3.00. The Labute approximate surface area is 248 Å². The predicted molar refractivity (Wildman–Crippen MR) is 168 cm³/mol. The summed E-state index contributed by atoms with van der Waals surface area (Å²) in [6, 6.07) is 19.3. The Hall–Kier alpha value is -4.10. The van der Waals surface area contributed by atoms with Gasteiger partial charge in [-0.25, -0.2) is 4.79 Å². The lowest BCUT2D eigenvalue weighted by Crippen LogP contribution is -2.31. The van der Waals surface area contributed by atoms with Crippen LogP contribution in [-0.2, 0) is 9.53 Å². The second-order valence-corrected chi connectivity index (χ2v) is 10.6. The molecular formula is C35H42N2O5. The first-order valence-corrected chi connectivity index (χ1v) is 15.0. The first kappa shape index (κ1) is 30.8. The largest absolute Gasteiger partial charge is 0.478 e. The molecule has 1 unspecified atom stereocenters. The van der Waals surface area contributed by atoms with Crippen LogP contribution in [0.4, 0.5) is 5.69 Å². The van der Waals surface area contributed by atoms with Gasteiger partial charge in [-0.3, -0.25) is 4.79 Å². The number of fused-ring (bicyclic) bond motifs is 2. The van der Waals surface area contributed by atoms with Crippen molar-refractivity contribution in [2.75, 3.05) is 31.1 Å². The number of carbonyl (C=O) groups excluding carboxylic acids is 1. The molecule has 222 valence electrons. The van der Waals surface area contributed by atoms with Crippen molar-refractivity contribution >= 4 is 29.3 Å². The van der Waals surface area contributed by atoms with Gasteiger partial charge < -0.3 is 25.2 Å². The number of likely N-dealkylation sites (N-methyl/N-ethyl adjacent to an activating group) is 1. The van der Waals surface area contributed by atoms with E-state index < -0.39 is 5.97 Å². The molecule has 0 aliphatic carbocycles. The molecule has 0 saturated heterocycles. The Morgan fingerprint density at radius 1 is 1.02 bits per heavy atom. The quantitative estimate of drug-likeness (QED) is 0.153. The third kappa shape index (κ3) is 7.21. The zero-order valence-electron chi connectivity index (χ0n) is 24.9. The van der Waals surface area contributed by atoms with Crippen LogP contribution in [0.5, 0.6) is 11.5 Å². The second-order valence-electron chi connectivity index (χ2n) is 10.6. The summed E-state index contributed by atoms with van der Waals surface area (Å²) in [7, 11) is 0. The number of carbonyl (C=O) groups is 2. The Morgan fingerprint density at radius 2 is 1.86 bits per heavy atom. The van der Waals surface area contributed by atoms with Gasteiger partial charge in [0.05, 0.1) is 18.0 Å². The molecule has 0 spiro atoms. The fourth-order valence-corrected chi connectivity index (χ4v) is 5.34. The first-order chi connectivity index (χ1) is 20.4. The van der Waals surface area contributed by atoms with Crippen molar-refractivity contribution in [1.29, 1.82) is 0 Å². The molecule has 1 heterocycles. The maximum absolute atomic E-state index is 12.4. The maximum Gasteiger partial charge on any atom is 0.335 e. The number of hydrogen-bond donors (Lipinski definition) is 2. The minimum Gasteiger partial charge on any atom is -0.478 e. The van der Waals surface area contributed by atoms with Gasteiger partial charge in [0.1, 0.15) is 18.1 Å². The smallest absolute Gasteiger partial charge is 0.335 e. The molecule has 0 radical (unpaired) electrons. The zero-order chi connectivity index (χ0) is 30.1. The Morgan fingerprint density at radius 3 is 2.57 bits per heavy atom.